The van der Waals surface area contributed by atoms with Gasteiger partial charge in [-0.2, -0.15) is 0 Å². The van der Waals surface area contributed by atoms with Gasteiger partial charge in [0.25, 0.3) is 0 Å². The minimum absolute atomic E-state index is 0.106. The number of hydrogen-bond acceptors (Lipinski definition) is 2. The Labute approximate surface area is 94.5 Å². The molecule has 16 heavy (non-hydrogen) atoms. The number of rotatable bonds is 4. The highest BCUT2D eigenvalue weighted by Gasteiger charge is 1.94. The molecule has 0 fully saturated rings. The predicted molar refractivity (Wildman–Crippen MR) is 65.0 cm³/mol. The summed E-state index contributed by atoms with van der Waals surface area (Å²) in [6.45, 7) is 4.83. The molecule has 1 rings (SSSR count). The molecule has 0 radical (unpaired) electrons. The van der Waals surface area contributed by atoms with Crippen LogP contribution in [-0.2, 0) is 9.59 Å². The molecule has 1 amide bonds. The monoisotopic (exact) mass is 215 g/mol. The fraction of sp³-hybridized carbons (Fsp3) is 0.0769. The van der Waals surface area contributed by atoms with E-state index in [0.29, 0.717) is 0 Å². The number of nitrogens with one attached hydrogen (secondary N) is 1. The van der Waals surface area contributed by atoms with Crippen LogP contribution in [0.4, 0.5) is 5.69 Å². The van der Waals surface area contributed by atoms with E-state index in [0.717, 1.165) is 11.3 Å². The third-order valence-electron chi connectivity index (χ3n) is 1.87. The Morgan fingerprint density at radius 1 is 1.25 bits per heavy atom. The summed E-state index contributed by atoms with van der Waals surface area (Å²) in [5, 5.41) is 2.66. The molecule has 0 bridgehead atoms. The molecule has 0 saturated heterocycles. The average Bonchev–Trinajstić information content (AvgIpc) is 2.27. The zero-order valence-electron chi connectivity index (χ0n) is 9.07. The zero-order chi connectivity index (χ0) is 12.0. The number of carbonyl (C=O) groups is 2. The van der Waals surface area contributed by atoms with E-state index in [9.17, 15) is 9.59 Å². The highest BCUT2D eigenvalue weighted by Crippen LogP contribution is 2.10. The maximum absolute atomic E-state index is 10.9. The molecular weight excluding hydrogens is 202 g/mol. The highest BCUT2D eigenvalue weighted by atomic mass is 16.1. The largest absolute Gasteiger partial charge is 0.326 e. The van der Waals surface area contributed by atoms with E-state index in [1.54, 1.807) is 18.2 Å². The minimum atomic E-state index is -0.133. The SMILES string of the molecule is C=CC(=O)/C=C/c1ccc(NC(C)=O)cc1. The molecular formula is C13H13NO2. The van der Waals surface area contributed by atoms with Crippen molar-refractivity contribution in [3.63, 3.8) is 0 Å². The Hall–Kier alpha value is -2.16. The van der Waals surface area contributed by atoms with Crippen LogP contribution in [0.3, 0.4) is 0 Å². The van der Waals surface area contributed by atoms with Crippen molar-refractivity contribution in [2.45, 2.75) is 6.92 Å². The maximum Gasteiger partial charge on any atom is 0.221 e. The smallest absolute Gasteiger partial charge is 0.221 e. The van der Waals surface area contributed by atoms with E-state index in [-0.39, 0.29) is 11.7 Å². The van der Waals surface area contributed by atoms with Gasteiger partial charge in [0, 0.05) is 12.6 Å². The Kier molecular flexibility index (Phi) is 4.21. The van der Waals surface area contributed by atoms with Gasteiger partial charge in [0.15, 0.2) is 5.78 Å². The summed E-state index contributed by atoms with van der Waals surface area (Å²) in [4.78, 5) is 21.7. The summed E-state index contributed by atoms with van der Waals surface area (Å²) in [5.74, 6) is -0.240. The van der Waals surface area contributed by atoms with Gasteiger partial charge in [0.05, 0.1) is 0 Å². The van der Waals surface area contributed by atoms with Crippen LogP contribution in [0.2, 0.25) is 0 Å². The second-order valence-corrected chi connectivity index (χ2v) is 3.24. The number of benzene rings is 1. The van der Waals surface area contributed by atoms with Crippen molar-refractivity contribution in [2.75, 3.05) is 5.32 Å². The van der Waals surface area contributed by atoms with Crippen molar-refractivity contribution < 1.29 is 9.59 Å². The molecule has 82 valence electrons. The van der Waals surface area contributed by atoms with E-state index in [1.807, 2.05) is 12.1 Å². The lowest BCUT2D eigenvalue weighted by Gasteiger charge is -2.01. The van der Waals surface area contributed by atoms with Gasteiger partial charge in [-0.1, -0.05) is 24.8 Å². The molecule has 0 spiro atoms. The van der Waals surface area contributed by atoms with Gasteiger partial charge in [-0.3, -0.25) is 9.59 Å². The molecule has 0 heterocycles. The fourth-order valence-electron chi connectivity index (χ4n) is 1.13. The molecule has 0 atom stereocenters. The summed E-state index contributed by atoms with van der Waals surface area (Å²) in [5.41, 5.74) is 1.63. The third-order valence-corrected chi connectivity index (χ3v) is 1.87. The van der Waals surface area contributed by atoms with Crippen LogP contribution >= 0.6 is 0 Å². The molecule has 3 heteroatoms. The number of ketones is 1. The van der Waals surface area contributed by atoms with E-state index < -0.39 is 0 Å². The second kappa shape index (κ2) is 5.66. The summed E-state index contributed by atoms with van der Waals surface area (Å²) in [7, 11) is 0. The van der Waals surface area contributed by atoms with Crippen molar-refractivity contribution >= 4 is 23.5 Å². The number of hydrogen-bond donors (Lipinski definition) is 1. The van der Waals surface area contributed by atoms with Crippen LogP contribution in [0.25, 0.3) is 6.08 Å². The summed E-state index contributed by atoms with van der Waals surface area (Å²) in [6, 6.07) is 7.19. The first-order valence-corrected chi connectivity index (χ1v) is 4.84. The van der Waals surface area contributed by atoms with E-state index in [1.165, 1.54) is 19.1 Å². The Morgan fingerprint density at radius 2 is 1.88 bits per heavy atom. The topological polar surface area (TPSA) is 46.2 Å². The quantitative estimate of drug-likeness (QED) is 0.784. The van der Waals surface area contributed by atoms with Crippen molar-refractivity contribution in [1.29, 1.82) is 0 Å². The molecule has 1 aromatic rings. The molecule has 0 saturated carbocycles. The fourth-order valence-corrected chi connectivity index (χ4v) is 1.13. The van der Waals surface area contributed by atoms with Gasteiger partial charge < -0.3 is 5.32 Å². The predicted octanol–water partition coefficient (Wildman–Crippen LogP) is 2.41. The van der Waals surface area contributed by atoms with Gasteiger partial charge in [-0.25, -0.2) is 0 Å². The van der Waals surface area contributed by atoms with Crippen molar-refractivity contribution in [3.05, 3.63) is 48.6 Å². The lowest BCUT2D eigenvalue weighted by atomic mass is 10.2. The Bertz CT molecular complexity index is 430. The molecule has 0 unspecified atom stereocenters. The molecule has 0 aliphatic rings. The maximum atomic E-state index is 10.9. The highest BCUT2D eigenvalue weighted by molar-refractivity contribution is 6.01. The van der Waals surface area contributed by atoms with Gasteiger partial charge in [0.1, 0.15) is 0 Å². The first-order valence-electron chi connectivity index (χ1n) is 4.84. The van der Waals surface area contributed by atoms with E-state index >= 15 is 0 Å². The van der Waals surface area contributed by atoms with Gasteiger partial charge >= 0.3 is 0 Å². The summed E-state index contributed by atoms with van der Waals surface area (Å²) in [6.07, 6.45) is 4.39. The number of amides is 1. The van der Waals surface area contributed by atoms with Crippen LogP contribution in [0.5, 0.6) is 0 Å². The van der Waals surface area contributed by atoms with Crippen LogP contribution in [0, 0.1) is 0 Å². The second-order valence-electron chi connectivity index (χ2n) is 3.24. The van der Waals surface area contributed by atoms with Crippen LogP contribution in [0.15, 0.2) is 43.0 Å². The van der Waals surface area contributed by atoms with Crippen LogP contribution in [0.1, 0.15) is 12.5 Å². The van der Waals surface area contributed by atoms with Crippen molar-refractivity contribution in [1.82, 2.24) is 0 Å². The zero-order valence-corrected chi connectivity index (χ0v) is 9.07. The lowest BCUT2D eigenvalue weighted by Crippen LogP contribution is -2.05. The Morgan fingerprint density at radius 3 is 2.38 bits per heavy atom. The van der Waals surface area contributed by atoms with Crippen molar-refractivity contribution in [2.24, 2.45) is 0 Å². The van der Waals surface area contributed by atoms with Crippen LogP contribution < -0.4 is 5.32 Å². The van der Waals surface area contributed by atoms with E-state index in [2.05, 4.69) is 11.9 Å². The van der Waals surface area contributed by atoms with Gasteiger partial charge in [0.2, 0.25) is 5.91 Å². The molecule has 0 aliphatic heterocycles. The number of allylic oxidation sites excluding steroid dienone is 2. The van der Waals surface area contributed by atoms with Gasteiger partial charge in [-0.05, 0) is 29.8 Å². The summed E-state index contributed by atoms with van der Waals surface area (Å²) >= 11 is 0. The summed E-state index contributed by atoms with van der Waals surface area (Å²) < 4.78 is 0. The first-order chi connectivity index (χ1) is 7.61. The Balaban J connectivity index is 2.71. The number of anilines is 1. The molecule has 0 aliphatic carbocycles. The van der Waals surface area contributed by atoms with Crippen molar-refractivity contribution in [3.8, 4) is 0 Å². The van der Waals surface area contributed by atoms with Crippen LogP contribution in [-0.4, -0.2) is 11.7 Å². The third kappa shape index (κ3) is 3.92. The molecule has 3 nitrogen and oxygen atoms in total. The lowest BCUT2D eigenvalue weighted by molar-refractivity contribution is -0.114. The average molecular weight is 215 g/mol. The first kappa shape index (κ1) is 11.9. The van der Waals surface area contributed by atoms with E-state index in [4.69, 9.17) is 0 Å². The number of carbonyl (C=O) groups excluding carboxylic acids is 2. The standard InChI is InChI=1S/C13H13NO2/c1-3-13(16)9-6-11-4-7-12(8-5-11)14-10(2)15/h3-9H,1H2,2H3,(H,14,15)/b9-6+. The normalized spacial score (nSPS) is 10.1. The molecule has 1 aromatic carbocycles. The molecule has 0 aromatic heterocycles. The minimum Gasteiger partial charge on any atom is -0.326 e. The molecule has 1 N–H and O–H groups in total. The van der Waals surface area contributed by atoms with Gasteiger partial charge in [-0.15, -0.1) is 0 Å².